The first-order valence-corrected chi connectivity index (χ1v) is 9.23. The predicted octanol–water partition coefficient (Wildman–Crippen LogP) is 4.15. The third kappa shape index (κ3) is 5.19. The predicted molar refractivity (Wildman–Crippen MR) is 89.8 cm³/mol. The first-order valence-electron chi connectivity index (χ1n) is 7.47. The molecule has 20 heavy (non-hydrogen) atoms. The normalized spacial score (nSPS) is 15.8. The molecule has 0 saturated heterocycles. The average Bonchev–Trinajstić information content (AvgIpc) is 2.43. The molecule has 3 atom stereocenters. The fourth-order valence-corrected chi connectivity index (χ4v) is 4.55. The van der Waals surface area contributed by atoms with E-state index in [1.54, 1.807) is 0 Å². The molecular weight excluding hydrogens is 290 g/mol. The Morgan fingerprint density at radius 2 is 1.95 bits per heavy atom. The van der Waals surface area contributed by atoms with Crippen LogP contribution in [0.5, 0.6) is 0 Å². The van der Waals surface area contributed by atoms with Crippen molar-refractivity contribution in [2.24, 2.45) is 0 Å². The van der Waals surface area contributed by atoms with Gasteiger partial charge in [-0.2, -0.15) is 0 Å². The van der Waals surface area contributed by atoms with Gasteiger partial charge in [-0.1, -0.05) is 57.0 Å². The minimum absolute atomic E-state index is 0.186. The van der Waals surface area contributed by atoms with Gasteiger partial charge in [-0.05, 0) is 31.0 Å². The number of hydrogen-bond acceptors (Lipinski definition) is 2. The highest BCUT2D eigenvalue weighted by atomic mass is 35.5. The summed E-state index contributed by atoms with van der Waals surface area (Å²) in [5.74, 6) is 0.545. The molecule has 4 heteroatoms. The van der Waals surface area contributed by atoms with Crippen molar-refractivity contribution in [2.45, 2.75) is 57.1 Å². The SMILES string of the molecule is CCCC(NCC)C(CC)S(=O)Cc1ccccc1Cl. The standard InChI is InChI=1S/C16H26ClNOS/c1-4-9-15(18-6-3)16(5-2)20(19)12-13-10-7-8-11-14(13)17/h7-8,10-11,15-16,18H,4-6,9,12H2,1-3H3. The Hall–Kier alpha value is -0.380. The lowest BCUT2D eigenvalue weighted by Crippen LogP contribution is -2.42. The van der Waals surface area contributed by atoms with Crippen molar-refractivity contribution < 1.29 is 4.21 Å². The molecule has 0 spiro atoms. The lowest BCUT2D eigenvalue weighted by Gasteiger charge is -2.26. The molecule has 1 aromatic carbocycles. The summed E-state index contributed by atoms with van der Waals surface area (Å²) in [7, 11) is -0.899. The molecule has 0 amide bonds. The van der Waals surface area contributed by atoms with Gasteiger partial charge in [-0.3, -0.25) is 4.21 Å². The minimum Gasteiger partial charge on any atom is -0.313 e. The van der Waals surface area contributed by atoms with Crippen LogP contribution in [0.2, 0.25) is 5.02 Å². The second-order valence-corrected chi connectivity index (χ2v) is 7.08. The Bertz CT molecular complexity index is 419. The molecule has 0 fully saturated rings. The minimum atomic E-state index is -0.899. The van der Waals surface area contributed by atoms with Crippen molar-refractivity contribution in [3.05, 3.63) is 34.9 Å². The van der Waals surface area contributed by atoms with Gasteiger partial charge in [0.25, 0.3) is 0 Å². The van der Waals surface area contributed by atoms with Crippen LogP contribution in [-0.4, -0.2) is 22.0 Å². The van der Waals surface area contributed by atoms with Gasteiger partial charge in [-0.15, -0.1) is 0 Å². The van der Waals surface area contributed by atoms with E-state index in [1.807, 2.05) is 24.3 Å². The third-order valence-corrected chi connectivity index (χ3v) is 5.81. The van der Waals surface area contributed by atoms with Crippen molar-refractivity contribution in [2.75, 3.05) is 6.54 Å². The van der Waals surface area contributed by atoms with Crippen LogP contribution in [0.15, 0.2) is 24.3 Å². The van der Waals surface area contributed by atoms with Crippen LogP contribution in [0, 0.1) is 0 Å². The number of halogens is 1. The van der Waals surface area contributed by atoms with Crippen LogP contribution in [0.1, 0.15) is 45.6 Å². The average molecular weight is 316 g/mol. The van der Waals surface area contributed by atoms with E-state index in [-0.39, 0.29) is 5.25 Å². The first-order chi connectivity index (χ1) is 9.63. The Labute approximate surface area is 130 Å². The zero-order valence-electron chi connectivity index (χ0n) is 12.7. The lowest BCUT2D eigenvalue weighted by atomic mass is 10.1. The van der Waals surface area contributed by atoms with E-state index in [4.69, 9.17) is 11.6 Å². The number of rotatable bonds is 9. The summed E-state index contributed by atoms with van der Waals surface area (Å²) in [6.45, 7) is 7.32. The molecule has 2 nitrogen and oxygen atoms in total. The van der Waals surface area contributed by atoms with Crippen LogP contribution < -0.4 is 5.32 Å². The Kier molecular flexibility index (Phi) is 8.43. The highest BCUT2D eigenvalue weighted by molar-refractivity contribution is 7.84. The van der Waals surface area contributed by atoms with Crippen molar-refractivity contribution in [3.63, 3.8) is 0 Å². The Balaban J connectivity index is 2.77. The van der Waals surface area contributed by atoms with Crippen molar-refractivity contribution in [1.82, 2.24) is 5.32 Å². The van der Waals surface area contributed by atoms with Gasteiger partial charge in [0, 0.05) is 21.9 Å². The van der Waals surface area contributed by atoms with Crippen molar-refractivity contribution >= 4 is 22.4 Å². The number of hydrogen-bond donors (Lipinski definition) is 1. The van der Waals surface area contributed by atoms with Crippen LogP contribution in [0.4, 0.5) is 0 Å². The highest BCUT2D eigenvalue weighted by Crippen LogP contribution is 2.21. The molecule has 0 aliphatic carbocycles. The maximum absolute atomic E-state index is 12.7. The molecular formula is C16H26ClNOS. The maximum atomic E-state index is 12.7. The topological polar surface area (TPSA) is 29.1 Å². The Morgan fingerprint density at radius 1 is 1.25 bits per heavy atom. The van der Waals surface area contributed by atoms with Gasteiger partial charge < -0.3 is 5.32 Å². The van der Waals surface area contributed by atoms with E-state index in [1.165, 1.54) is 0 Å². The lowest BCUT2D eigenvalue weighted by molar-refractivity contribution is 0.458. The third-order valence-electron chi connectivity index (χ3n) is 3.51. The monoisotopic (exact) mass is 315 g/mol. The van der Waals surface area contributed by atoms with E-state index in [2.05, 4.69) is 26.1 Å². The van der Waals surface area contributed by atoms with Crippen molar-refractivity contribution in [3.8, 4) is 0 Å². The second-order valence-electron chi connectivity index (χ2n) is 5.02. The molecule has 0 heterocycles. The summed E-state index contributed by atoms with van der Waals surface area (Å²) < 4.78 is 12.7. The van der Waals surface area contributed by atoms with Gasteiger partial charge in [0.2, 0.25) is 0 Å². The first kappa shape index (κ1) is 17.7. The quantitative estimate of drug-likeness (QED) is 0.742. The van der Waals surface area contributed by atoms with Gasteiger partial charge in [0.05, 0.1) is 11.0 Å². The number of nitrogens with one attached hydrogen (secondary N) is 1. The summed E-state index contributed by atoms with van der Waals surface area (Å²) in [4.78, 5) is 0. The van der Waals surface area contributed by atoms with Gasteiger partial charge >= 0.3 is 0 Å². The zero-order valence-corrected chi connectivity index (χ0v) is 14.3. The van der Waals surface area contributed by atoms with Crippen molar-refractivity contribution in [1.29, 1.82) is 0 Å². The largest absolute Gasteiger partial charge is 0.313 e. The highest BCUT2D eigenvalue weighted by Gasteiger charge is 2.24. The molecule has 0 bridgehead atoms. The molecule has 1 rings (SSSR count). The maximum Gasteiger partial charge on any atom is 0.0503 e. The second kappa shape index (κ2) is 9.54. The molecule has 0 saturated carbocycles. The van der Waals surface area contributed by atoms with E-state index < -0.39 is 10.8 Å². The van der Waals surface area contributed by atoms with Gasteiger partial charge in [-0.25, -0.2) is 0 Å². The van der Waals surface area contributed by atoms with E-state index >= 15 is 0 Å². The van der Waals surface area contributed by atoms with Crippen LogP contribution in [0.25, 0.3) is 0 Å². The number of benzene rings is 1. The fraction of sp³-hybridized carbons (Fsp3) is 0.625. The van der Waals surface area contributed by atoms with Crippen LogP contribution in [-0.2, 0) is 16.6 Å². The molecule has 0 aromatic heterocycles. The molecule has 0 aliphatic heterocycles. The molecule has 0 radical (unpaired) electrons. The summed E-state index contributed by atoms with van der Waals surface area (Å²) in [5.41, 5.74) is 0.984. The van der Waals surface area contributed by atoms with E-state index in [9.17, 15) is 4.21 Å². The van der Waals surface area contributed by atoms with Gasteiger partial charge in [0.1, 0.15) is 0 Å². The Morgan fingerprint density at radius 3 is 2.50 bits per heavy atom. The van der Waals surface area contributed by atoms with E-state index in [0.29, 0.717) is 16.8 Å². The molecule has 1 aromatic rings. The van der Waals surface area contributed by atoms with Crippen LogP contribution >= 0.6 is 11.6 Å². The molecule has 1 N–H and O–H groups in total. The zero-order chi connectivity index (χ0) is 15.0. The van der Waals surface area contributed by atoms with E-state index in [0.717, 1.165) is 31.4 Å². The summed E-state index contributed by atoms with van der Waals surface area (Å²) >= 11 is 6.17. The van der Waals surface area contributed by atoms with Crippen LogP contribution in [0.3, 0.4) is 0 Å². The molecule has 114 valence electrons. The molecule has 3 unspecified atom stereocenters. The summed E-state index contributed by atoms with van der Waals surface area (Å²) in [6, 6.07) is 8.02. The van der Waals surface area contributed by atoms with Gasteiger partial charge in [0.15, 0.2) is 0 Å². The molecule has 0 aliphatic rings. The summed E-state index contributed by atoms with van der Waals surface area (Å²) in [6.07, 6.45) is 3.10. The fourth-order valence-electron chi connectivity index (χ4n) is 2.52. The summed E-state index contributed by atoms with van der Waals surface area (Å²) in [5, 5.41) is 4.39. The smallest absolute Gasteiger partial charge is 0.0503 e.